The second-order valence-corrected chi connectivity index (χ2v) is 6.11. The third kappa shape index (κ3) is 4.56. The minimum absolute atomic E-state index is 0.00657. The number of aromatic hydroxyl groups is 2. The lowest BCUT2D eigenvalue weighted by Gasteiger charge is -2.12. The van der Waals surface area contributed by atoms with Crippen LogP contribution >= 0.6 is 23.4 Å². The Morgan fingerprint density at radius 3 is 2.54 bits per heavy atom. The third-order valence-electron chi connectivity index (χ3n) is 3.08. The molecule has 0 unspecified atom stereocenters. The molecule has 2 aromatic carbocycles. The summed E-state index contributed by atoms with van der Waals surface area (Å²) in [6, 6.07) is 8.94. The van der Waals surface area contributed by atoms with Gasteiger partial charge in [-0.1, -0.05) is 23.7 Å². The molecule has 0 spiro atoms. The molecular weight excluding hydrogens is 352 g/mol. The van der Waals surface area contributed by atoms with E-state index in [1.54, 1.807) is 18.4 Å². The third-order valence-corrected chi connectivity index (χ3v) is 4.14. The molecule has 0 aliphatic carbocycles. The van der Waals surface area contributed by atoms with Crippen molar-refractivity contribution in [2.75, 3.05) is 6.26 Å². The van der Waals surface area contributed by atoms with Crippen molar-refractivity contribution in [3.05, 3.63) is 52.5 Å². The first kappa shape index (κ1) is 18.0. The Labute approximate surface area is 147 Å². The fourth-order valence-electron chi connectivity index (χ4n) is 2.03. The minimum Gasteiger partial charge on any atom is -0.508 e. The SMILES string of the molecule is CSc1cc(O)cc(Cl)c1C(=O)NNC(=O)Cc1cccc(O)c1. The number of hydrogen-bond donors (Lipinski definition) is 4. The van der Waals surface area contributed by atoms with Gasteiger partial charge >= 0.3 is 0 Å². The number of carbonyl (C=O) groups is 2. The average Bonchev–Trinajstić information content (AvgIpc) is 2.51. The fraction of sp³-hybridized carbons (Fsp3) is 0.125. The van der Waals surface area contributed by atoms with E-state index in [4.69, 9.17) is 11.6 Å². The van der Waals surface area contributed by atoms with Crippen molar-refractivity contribution in [2.45, 2.75) is 11.3 Å². The number of halogens is 1. The van der Waals surface area contributed by atoms with Crippen molar-refractivity contribution < 1.29 is 19.8 Å². The van der Waals surface area contributed by atoms with E-state index < -0.39 is 11.8 Å². The molecule has 0 radical (unpaired) electrons. The Balaban J connectivity index is 2.02. The predicted octanol–water partition coefficient (Wildman–Crippen LogP) is 2.48. The molecule has 6 nitrogen and oxygen atoms in total. The Hall–Kier alpha value is -2.38. The lowest BCUT2D eigenvalue weighted by molar-refractivity contribution is -0.121. The molecule has 8 heteroatoms. The molecule has 0 aromatic heterocycles. The van der Waals surface area contributed by atoms with Crippen molar-refractivity contribution in [3.8, 4) is 11.5 Å². The number of hydrazine groups is 1. The molecule has 126 valence electrons. The van der Waals surface area contributed by atoms with Gasteiger partial charge in [0.25, 0.3) is 5.91 Å². The number of hydrogen-bond acceptors (Lipinski definition) is 5. The number of thioether (sulfide) groups is 1. The molecule has 0 aliphatic rings. The predicted molar refractivity (Wildman–Crippen MR) is 92.3 cm³/mol. The van der Waals surface area contributed by atoms with Gasteiger partial charge in [-0.05, 0) is 36.1 Å². The molecule has 4 N–H and O–H groups in total. The first-order valence-corrected chi connectivity index (χ1v) is 8.44. The van der Waals surface area contributed by atoms with Crippen LogP contribution in [0.5, 0.6) is 11.5 Å². The Bertz CT molecular complexity index is 783. The van der Waals surface area contributed by atoms with E-state index >= 15 is 0 Å². The summed E-state index contributed by atoms with van der Waals surface area (Å²) in [6.07, 6.45) is 1.73. The van der Waals surface area contributed by atoms with Gasteiger partial charge in [-0.3, -0.25) is 20.4 Å². The molecule has 0 heterocycles. The smallest absolute Gasteiger partial charge is 0.272 e. The van der Waals surface area contributed by atoms with Crippen LogP contribution in [0, 0.1) is 0 Å². The number of amides is 2. The normalized spacial score (nSPS) is 10.2. The van der Waals surface area contributed by atoms with Crippen LogP contribution in [0.25, 0.3) is 0 Å². The monoisotopic (exact) mass is 366 g/mol. The van der Waals surface area contributed by atoms with E-state index in [0.717, 1.165) is 0 Å². The van der Waals surface area contributed by atoms with Crippen molar-refractivity contribution in [1.29, 1.82) is 0 Å². The summed E-state index contributed by atoms with van der Waals surface area (Å²) in [5, 5.41) is 19.0. The largest absolute Gasteiger partial charge is 0.508 e. The number of carbonyl (C=O) groups excluding carboxylic acids is 2. The number of benzene rings is 2. The summed E-state index contributed by atoms with van der Waals surface area (Å²) in [6.45, 7) is 0. The molecule has 2 aromatic rings. The highest BCUT2D eigenvalue weighted by atomic mass is 35.5. The van der Waals surface area contributed by atoms with E-state index in [2.05, 4.69) is 10.9 Å². The molecule has 24 heavy (non-hydrogen) atoms. The molecule has 0 aliphatic heterocycles. The average molecular weight is 367 g/mol. The topological polar surface area (TPSA) is 98.7 Å². The highest BCUT2D eigenvalue weighted by Crippen LogP contribution is 2.31. The molecule has 0 saturated heterocycles. The van der Waals surface area contributed by atoms with Crippen LogP contribution < -0.4 is 10.9 Å². The second-order valence-electron chi connectivity index (χ2n) is 4.85. The first-order valence-electron chi connectivity index (χ1n) is 6.84. The molecule has 0 saturated carbocycles. The summed E-state index contributed by atoms with van der Waals surface area (Å²) in [7, 11) is 0. The summed E-state index contributed by atoms with van der Waals surface area (Å²) in [4.78, 5) is 24.6. The Kier molecular flexibility index (Phi) is 5.94. The highest BCUT2D eigenvalue weighted by molar-refractivity contribution is 7.98. The van der Waals surface area contributed by atoms with E-state index in [0.29, 0.717) is 10.5 Å². The van der Waals surface area contributed by atoms with Crippen LogP contribution in [0.15, 0.2) is 41.3 Å². The van der Waals surface area contributed by atoms with Gasteiger partial charge in [0.05, 0.1) is 17.0 Å². The summed E-state index contributed by atoms with van der Waals surface area (Å²) >= 11 is 7.24. The Morgan fingerprint density at radius 2 is 1.88 bits per heavy atom. The standard InChI is InChI=1S/C16H15ClN2O4S/c1-24-13-8-11(21)7-12(17)15(13)16(23)19-18-14(22)6-9-3-2-4-10(20)5-9/h2-5,7-8,20-21H,6H2,1H3,(H,18,22)(H,19,23). The quantitative estimate of drug-likeness (QED) is 0.492. The maximum Gasteiger partial charge on any atom is 0.272 e. The number of nitrogens with one attached hydrogen (secondary N) is 2. The number of rotatable bonds is 4. The van der Waals surface area contributed by atoms with E-state index in [1.807, 2.05) is 0 Å². The number of phenolic OH excluding ortho intramolecular Hbond substituents is 2. The minimum atomic E-state index is -0.589. The van der Waals surface area contributed by atoms with Crippen molar-refractivity contribution in [1.82, 2.24) is 10.9 Å². The van der Waals surface area contributed by atoms with Crippen LogP contribution in [0.1, 0.15) is 15.9 Å². The van der Waals surface area contributed by atoms with E-state index in [-0.39, 0.29) is 28.5 Å². The molecule has 0 fully saturated rings. The molecular formula is C16H15ClN2O4S. The summed E-state index contributed by atoms with van der Waals surface area (Å²) in [5.41, 5.74) is 5.35. The zero-order valence-electron chi connectivity index (χ0n) is 12.7. The molecule has 0 bridgehead atoms. The zero-order chi connectivity index (χ0) is 17.7. The van der Waals surface area contributed by atoms with Crippen molar-refractivity contribution in [2.24, 2.45) is 0 Å². The van der Waals surface area contributed by atoms with Crippen LogP contribution in [-0.2, 0) is 11.2 Å². The molecule has 0 atom stereocenters. The van der Waals surface area contributed by atoms with Gasteiger partial charge in [-0.15, -0.1) is 11.8 Å². The van der Waals surface area contributed by atoms with Gasteiger partial charge in [0.15, 0.2) is 0 Å². The lowest BCUT2D eigenvalue weighted by Crippen LogP contribution is -2.42. The van der Waals surface area contributed by atoms with Crippen LogP contribution in [0.2, 0.25) is 5.02 Å². The van der Waals surface area contributed by atoms with Gasteiger partial charge in [0.2, 0.25) is 5.91 Å². The summed E-state index contributed by atoms with van der Waals surface area (Å²) in [5.74, 6) is -1.03. The van der Waals surface area contributed by atoms with Gasteiger partial charge in [-0.2, -0.15) is 0 Å². The fourth-order valence-corrected chi connectivity index (χ4v) is 3.03. The van der Waals surface area contributed by atoms with Gasteiger partial charge < -0.3 is 10.2 Å². The molecule has 2 amide bonds. The maximum absolute atomic E-state index is 12.2. The van der Waals surface area contributed by atoms with Gasteiger partial charge in [-0.25, -0.2) is 0 Å². The highest BCUT2D eigenvalue weighted by Gasteiger charge is 2.17. The van der Waals surface area contributed by atoms with E-state index in [1.165, 1.54) is 36.0 Å². The zero-order valence-corrected chi connectivity index (χ0v) is 14.2. The van der Waals surface area contributed by atoms with E-state index in [9.17, 15) is 19.8 Å². The molecule has 2 rings (SSSR count). The van der Waals surface area contributed by atoms with Crippen LogP contribution in [-0.4, -0.2) is 28.3 Å². The maximum atomic E-state index is 12.2. The van der Waals surface area contributed by atoms with Crippen molar-refractivity contribution >= 4 is 35.2 Å². The van der Waals surface area contributed by atoms with Gasteiger partial charge in [0.1, 0.15) is 11.5 Å². The first-order chi connectivity index (χ1) is 11.4. The van der Waals surface area contributed by atoms with Gasteiger partial charge in [0, 0.05) is 4.90 Å². The lowest BCUT2D eigenvalue weighted by atomic mass is 10.1. The Morgan fingerprint density at radius 1 is 1.12 bits per heavy atom. The number of phenols is 2. The van der Waals surface area contributed by atoms with Crippen LogP contribution in [0.4, 0.5) is 0 Å². The summed E-state index contributed by atoms with van der Waals surface area (Å²) < 4.78 is 0. The van der Waals surface area contributed by atoms with Crippen LogP contribution in [0.3, 0.4) is 0 Å². The van der Waals surface area contributed by atoms with Crippen molar-refractivity contribution in [3.63, 3.8) is 0 Å². The second kappa shape index (κ2) is 7.94.